The fourth-order valence-corrected chi connectivity index (χ4v) is 3.58. The fraction of sp³-hybridized carbons (Fsp3) is 0.778. The molecule has 0 saturated carbocycles. The van der Waals surface area contributed by atoms with Crippen molar-refractivity contribution in [2.24, 2.45) is 11.8 Å². The summed E-state index contributed by atoms with van der Waals surface area (Å²) >= 11 is 0. The van der Waals surface area contributed by atoms with Crippen LogP contribution in [-0.2, 0) is 5.41 Å². The van der Waals surface area contributed by atoms with Crippen LogP contribution in [0, 0.1) is 11.8 Å². The van der Waals surface area contributed by atoms with Crippen LogP contribution in [0.2, 0.25) is 0 Å². The van der Waals surface area contributed by atoms with Crippen LogP contribution < -0.4 is 4.90 Å². The van der Waals surface area contributed by atoms with Gasteiger partial charge in [-0.25, -0.2) is 9.97 Å². The maximum atomic E-state index is 4.62. The molecular weight excluding hydrogens is 272 g/mol. The Balaban J connectivity index is 1.66. The Labute approximate surface area is 134 Å². The summed E-state index contributed by atoms with van der Waals surface area (Å²) in [5, 5.41) is 0. The van der Waals surface area contributed by atoms with E-state index in [9.17, 15) is 0 Å². The van der Waals surface area contributed by atoms with E-state index in [2.05, 4.69) is 61.3 Å². The summed E-state index contributed by atoms with van der Waals surface area (Å²) in [6.07, 6.45) is 4.00. The minimum atomic E-state index is 0.118. The summed E-state index contributed by atoms with van der Waals surface area (Å²) < 4.78 is 0. The normalized spacial score (nSPS) is 26.5. The maximum absolute atomic E-state index is 4.62. The summed E-state index contributed by atoms with van der Waals surface area (Å²) in [5.74, 6) is 2.44. The van der Waals surface area contributed by atoms with Crippen molar-refractivity contribution in [3.63, 3.8) is 0 Å². The SMILES string of the molecule is CC(C)(C)c1cnc(N2CC3CN(C(C)(C)C)CC3C2)nc1. The summed E-state index contributed by atoms with van der Waals surface area (Å²) in [4.78, 5) is 14.3. The minimum Gasteiger partial charge on any atom is -0.340 e. The summed E-state index contributed by atoms with van der Waals surface area (Å²) in [5.41, 5.74) is 1.61. The molecule has 1 aromatic heterocycles. The average molecular weight is 302 g/mol. The monoisotopic (exact) mass is 302 g/mol. The highest BCUT2D eigenvalue weighted by Gasteiger charge is 2.43. The second-order valence-electron chi connectivity index (χ2n) is 9.02. The van der Waals surface area contributed by atoms with E-state index in [1.807, 2.05) is 12.4 Å². The number of anilines is 1. The second-order valence-corrected chi connectivity index (χ2v) is 9.02. The highest BCUT2D eigenvalue weighted by atomic mass is 15.3. The van der Waals surface area contributed by atoms with Gasteiger partial charge in [0.2, 0.25) is 5.95 Å². The van der Waals surface area contributed by atoms with E-state index in [4.69, 9.17) is 0 Å². The maximum Gasteiger partial charge on any atom is 0.225 e. The fourth-order valence-electron chi connectivity index (χ4n) is 3.58. The number of hydrogen-bond acceptors (Lipinski definition) is 4. The van der Waals surface area contributed by atoms with Crippen molar-refractivity contribution in [2.45, 2.75) is 52.5 Å². The van der Waals surface area contributed by atoms with E-state index in [0.717, 1.165) is 30.9 Å². The lowest BCUT2D eigenvalue weighted by molar-refractivity contribution is 0.163. The molecule has 4 heteroatoms. The molecule has 2 atom stereocenters. The van der Waals surface area contributed by atoms with Gasteiger partial charge in [-0.2, -0.15) is 0 Å². The van der Waals surface area contributed by atoms with Gasteiger partial charge in [0.25, 0.3) is 0 Å². The first-order chi connectivity index (χ1) is 10.1. The predicted molar refractivity (Wildman–Crippen MR) is 91.3 cm³/mol. The molecule has 2 aliphatic heterocycles. The molecule has 0 N–H and O–H groups in total. The standard InChI is InChI=1S/C18H30N4/c1-17(2,3)15-7-19-16(20-8-15)21-9-13-11-22(18(4,5)6)12-14(13)10-21/h7-8,13-14H,9-12H2,1-6H3. The van der Waals surface area contributed by atoms with Crippen molar-refractivity contribution in [2.75, 3.05) is 31.1 Å². The Morgan fingerprint density at radius 3 is 1.77 bits per heavy atom. The van der Waals surface area contributed by atoms with Gasteiger partial charge in [0.1, 0.15) is 0 Å². The summed E-state index contributed by atoms with van der Waals surface area (Å²) in [6.45, 7) is 18.2. The van der Waals surface area contributed by atoms with E-state index in [-0.39, 0.29) is 5.41 Å². The Morgan fingerprint density at radius 1 is 0.864 bits per heavy atom. The zero-order chi connectivity index (χ0) is 16.1. The molecule has 3 rings (SSSR count). The van der Waals surface area contributed by atoms with E-state index in [1.54, 1.807) is 0 Å². The molecule has 0 bridgehead atoms. The van der Waals surface area contributed by atoms with E-state index in [1.165, 1.54) is 18.7 Å². The van der Waals surface area contributed by atoms with Crippen molar-refractivity contribution in [1.29, 1.82) is 0 Å². The van der Waals surface area contributed by atoms with Crippen molar-refractivity contribution >= 4 is 5.95 Å². The Hall–Kier alpha value is -1.16. The zero-order valence-electron chi connectivity index (χ0n) is 14.9. The molecule has 2 aliphatic rings. The largest absolute Gasteiger partial charge is 0.340 e. The summed E-state index contributed by atoms with van der Waals surface area (Å²) in [7, 11) is 0. The van der Waals surface area contributed by atoms with Gasteiger partial charge >= 0.3 is 0 Å². The Kier molecular flexibility index (Phi) is 3.71. The third kappa shape index (κ3) is 2.98. The van der Waals surface area contributed by atoms with Gasteiger partial charge in [-0.05, 0) is 43.6 Å². The van der Waals surface area contributed by atoms with Gasteiger partial charge < -0.3 is 4.90 Å². The van der Waals surface area contributed by atoms with Crippen molar-refractivity contribution in [1.82, 2.24) is 14.9 Å². The van der Waals surface area contributed by atoms with Gasteiger partial charge in [-0.3, -0.25) is 4.90 Å². The molecule has 3 heterocycles. The molecule has 2 fully saturated rings. The molecule has 122 valence electrons. The molecule has 0 aliphatic carbocycles. The predicted octanol–water partition coefficient (Wildman–Crippen LogP) is 2.94. The number of nitrogens with zero attached hydrogens (tertiary/aromatic N) is 4. The number of fused-ring (bicyclic) bond motifs is 1. The first kappa shape index (κ1) is 15.7. The molecule has 0 aromatic carbocycles. The molecule has 0 amide bonds. The molecule has 0 radical (unpaired) electrons. The molecule has 22 heavy (non-hydrogen) atoms. The van der Waals surface area contributed by atoms with E-state index in [0.29, 0.717) is 5.54 Å². The third-order valence-corrected chi connectivity index (χ3v) is 5.22. The van der Waals surface area contributed by atoms with Crippen molar-refractivity contribution < 1.29 is 0 Å². The van der Waals surface area contributed by atoms with E-state index >= 15 is 0 Å². The molecule has 4 nitrogen and oxygen atoms in total. The minimum absolute atomic E-state index is 0.118. The number of hydrogen-bond donors (Lipinski definition) is 0. The smallest absolute Gasteiger partial charge is 0.225 e. The highest BCUT2D eigenvalue weighted by Crippen LogP contribution is 2.35. The lowest BCUT2D eigenvalue weighted by atomic mass is 9.89. The van der Waals surface area contributed by atoms with Gasteiger partial charge in [0.15, 0.2) is 0 Å². The molecular formula is C18H30N4. The number of likely N-dealkylation sites (tertiary alicyclic amines) is 1. The van der Waals surface area contributed by atoms with Gasteiger partial charge in [0, 0.05) is 44.1 Å². The quantitative estimate of drug-likeness (QED) is 0.798. The number of rotatable bonds is 1. The van der Waals surface area contributed by atoms with Gasteiger partial charge in [-0.1, -0.05) is 20.8 Å². The Morgan fingerprint density at radius 2 is 1.36 bits per heavy atom. The number of aromatic nitrogens is 2. The van der Waals surface area contributed by atoms with Crippen molar-refractivity contribution in [3.05, 3.63) is 18.0 Å². The highest BCUT2D eigenvalue weighted by molar-refractivity contribution is 5.34. The third-order valence-electron chi connectivity index (χ3n) is 5.22. The van der Waals surface area contributed by atoms with Gasteiger partial charge in [0.05, 0.1) is 0 Å². The van der Waals surface area contributed by atoms with Crippen LogP contribution in [0.4, 0.5) is 5.95 Å². The first-order valence-corrected chi connectivity index (χ1v) is 8.47. The lowest BCUT2D eigenvalue weighted by Gasteiger charge is -2.33. The molecule has 2 saturated heterocycles. The first-order valence-electron chi connectivity index (χ1n) is 8.47. The van der Waals surface area contributed by atoms with E-state index < -0.39 is 0 Å². The van der Waals surface area contributed by atoms with Gasteiger partial charge in [-0.15, -0.1) is 0 Å². The second kappa shape index (κ2) is 5.19. The Bertz CT molecular complexity index is 510. The van der Waals surface area contributed by atoms with Crippen LogP contribution in [0.5, 0.6) is 0 Å². The van der Waals surface area contributed by atoms with Crippen LogP contribution in [0.3, 0.4) is 0 Å². The average Bonchev–Trinajstić information content (AvgIpc) is 2.95. The molecule has 0 spiro atoms. The van der Waals surface area contributed by atoms with Crippen LogP contribution in [0.25, 0.3) is 0 Å². The zero-order valence-corrected chi connectivity index (χ0v) is 14.9. The molecule has 2 unspecified atom stereocenters. The molecule has 1 aromatic rings. The van der Waals surface area contributed by atoms with Crippen LogP contribution in [0.15, 0.2) is 12.4 Å². The van der Waals surface area contributed by atoms with Crippen LogP contribution in [-0.4, -0.2) is 46.6 Å². The lowest BCUT2D eigenvalue weighted by Crippen LogP contribution is -2.41. The van der Waals surface area contributed by atoms with Crippen molar-refractivity contribution in [3.8, 4) is 0 Å². The topological polar surface area (TPSA) is 32.3 Å². The summed E-state index contributed by atoms with van der Waals surface area (Å²) in [6, 6.07) is 0. The van der Waals surface area contributed by atoms with Crippen LogP contribution >= 0.6 is 0 Å². The van der Waals surface area contributed by atoms with Crippen LogP contribution in [0.1, 0.15) is 47.1 Å².